The minimum Gasteiger partial charge on any atom is -0.477 e. The molecule has 0 aliphatic carbocycles. The minimum atomic E-state index is -1.09. The maximum Gasteiger partial charge on any atom is 0.354 e. The molecule has 1 aromatic rings. The number of aryl methyl sites for hydroxylation is 1. The van der Waals surface area contributed by atoms with Crippen molar-refractivity contribution in [3.05, 3.63) is 17.5 Å². The number of carbonyl (C=O) groups excluding carboxylic acids is 1. The summed E-state index contributed by atoms with van der Waals surface area (Å²) in [6.45, 7) is 1.74. The fraction of sp³-hybridized carbons (Fsp3) is 0.500. The van der Waals surface area contributed by atoms with Gasteiger partial charge in [-0.15, -0.1) is 0 Å². The maximum absolute atomic E-state index is 11.8. The van der Waals surface area contributed by atoms with E-state index in [2.05, 4.69) is 15.6 Å². The Bertz CT molecular complexity index is 481. The minimum absolute atomic E-state index is 0.00525. The van der Waals surface area contributed by atoms with Gasteiger partial charge in [-0.25, -0.2) is 9.59 Å². The molecule has 0 saturated carbocycles. The molecule has 1 unspecified atom stereocenters. The number of rotatable bonds is 3. The Morgan fingerprint density at radius 3 is 2.95 bits per heavy atom. The molecule has 0 bridgehead atoms. The van der Waals surface area contributed by atoms with Crippen LogP contribution in [0.5, 0.6) is 0 Å². The zero-order chi connectivity index (χ0) is 13.8. The van der Waals surface area contributed by atoms with E-state index in [9.17, 15) is 9.59 Å². The molecule has 2 rings (SSSR count). The number of thioether (sulfide) groups is 1. The fourth-order valence-corrected chi connectivity index (χ4v) is 3.13. The third-order valence-electron chi connectivity index (χ3n) is 2.91. The van der Waals surface area contributed by atoms with Gasteiger partial charge in [0.15, 0.2) is 0 Å². The molecule has 1 atom stereocenters. The van der Waals surface area contributed by atoms with Crippen molar-refractivity contribution in [2.24, 2.45) is 0 Å². The zero-order valence-electron chi connectivity index (χ0n) is 10.7. The molecular weight excluding hydrogens is 266 g/mol. The van der Waals surface area contributed by atoms with Gasteiger partial charge in [-0.3, -0.25) is 0 Å². The summed E-state index contributed by atoms with van der Waals surface area (Å²) in [6, 6.07) is 1.42. The highest BCUT2D eigenvalue weighted by Gasteiger charge is 2.19. The first kappa shape index (κ1) is 13.8. The van der Waals surface area contributed by atoms with E-state index >= 15 is 0 Å². The van der Waals surface area contributed by atoms with Gasteiger partial charge in [-0.2, -0.15) is 11.8 Å². The lowest BCUT2D eigenvalue weighted by Gasteiger charge is -2.22. The third-order valence-corrected chi connectivity index (χ3v) is 4.13. The molecule has 1 aromatic heterocycles. The van der Waals surface area contributed by atoms with Gasteiger partial charge < -0.3 is 20.7 Å². The van der Waals surface area contributed by atoms with Gasteiger partial charge in [-0.1, -0.05) is 0 Å². The quantitative estimate of drug-likeness (QED) is 0.683. The summed E-state index contributed by atoms with van der Waals surface area (Å²) in [4.78, 5) is 25.5. The Balaban J connectivity index is 1.96. The van der Waals surface area contributed by atoms with Crippen molar-refractivity contribution in [3.8, 4) is 0 Å². The Kier molecular flexibility index (Phi) is 4.36. The van der Waals surface area contributed by atoms with E-state index in [0.29, 0.717) is 11.4 Å². The van der Waals surface area contributed by atoms with E-state index in [-0.39, 0.29) is 17.8 Å². The predicted molar refractivity (Wildman–Crippen MR) is 75.0 cm³/mol. The highest BCUT2D eigenvalue weighted by atomic mass is 32.2. The summed E-state index contributed by atoms with van der Waals surface area (Å²) in [5.41, 5.74) is 0.998. The molecule has 0 spiro atoms. The van der Waals surface area contributed by atoms with E-state index in [1.165, 1.54) is 0 Å². The molecule has 1 aliphatic rings. The number of aromatic amines is 1. The molecule has 19 heavy (non-hydrogen) atoms. The van der Waals surface area contributed by atoms with Crippen LogP contribution < -0.4 is 10.6 Å². The van der Waals surface area contributed by atoms with Crippen LogP contribution in [-0.4, -0.2) is 39.6 Å². The predicted octanol–water partition coefficient (Wildman–Crippen LogP) is 2.04. The monoisotopic (exact) mass is 283 g/mol. The van der Waals surface area contributed by atoms with Gasteiger partial charge in [0.25, 0.3) is 0 Å². The number of hydrogen-bond acceptors (Lipinski definition) is 3. The second-order valence-corrected chi connectivity index (χ2v) is 5.71. The van der Waals surface area contributed by atoms with Crippen LogP contribution >= 0.6 is 11.8 Å². The lowest BCUT2D eigenvalue weighted by Crippen LogP contribution is -2.41. The van der Waals surface area contributed by atoms with Crippen molar-refractivity contribution in [1.29, 1.82) is 0 Å². The summed E-state index contributed by atoms with van der Waals surface area (Å²) < 4.78 is 0. The standard InChI is InChI=1S/C12H17N3O3S/c1-7-5-9(10(13-7)11(16)17)15-12(18)14-8-3-2-4-19-6-8/h5,8,13H,2-4,6H2,1H3,(H,16,17)(H2,14,15,18). The first-order valence-corrected chi connectivity index (χ1v) is 7.30. The van der Waals surface area contributed by atoms with Crippen LogP contribution in [0.3, 0.4) is 0 Å². The molecule has 6 nitrogen and oxygen atoms in total. The van der Waals surface area contributed by atoms with Gasteiger partial charge in [0, 0.05) is 17.5 Å². The zero-order valence-corrected chi connectivity index (χ0v) is 11.5. The van der Waals surface area contributed by atoms with Gasteiger partial charge in [-0.05, 0) is 31.6 Å². The second kappa shape index (κ2) is 6.01. The number of amides is 2. The summed E-state index contributed by atoms with van der Waals surface area (Å²) in [5, 5.41) is 14.5. The van der Waals surface area contributed by atoms with Crippen LogP contribution in [0.2, 0.25) is 0 Å². The number of hydrogen-bond donors (Lipinski definition) is 4. The smallest absolute Gasteiger partial charge is 0.354 e. The van der Waals surface area contributed by atoms with Crippen LogP contribution in [0, 0.1) is 6.92 Å². The number of urea groups is 1. The van der Waals surface area contributed by atoms with Crippen molar-refractivity contribution in [2.45, 2.75) is 25.8 Å². The van der Waals surface area contributed by atoms with E-state index in [4.69, 9.17) is 5.11 Å². The average molecular weight is 283 g/mol. The molecule has 0 radical (unpaired) electrons. The average Bonchev–Trinajstić information content (AvgIpc) is 2.71. The van der Waals surface area contributed by atoms with Gasteiger partial charge in [0.1, 0.15) is 5.69 Å². The number of carbonyl (C=O) groups is 2. The van der Waals surface area contributed by atoms with Crippen molar-refractivity contribution in [2.75, 3.05) is 16.8 Å². The Labute approximate surface area is 115 Å². The number of aromatic nitrogens is 1. The van der Waals surface area contributed by atoms with Gasteiger partial charge >= 0.3 is 12.0 Å². The van der Waals surface area contributed by atoms with Crippen LogP contribution in [0.25, 0.3) is 0 Å². The van der Waals surface area contributed by atoms with Crippen LogP contribution in [0.1, 0.15) is 29.0 Å². The largest absolute Gasteiger partial charge is 0.477 e. The number of carboxylic acid groups (broad SMARTS) is 1. The van der Waals surface area contributed by atoms with Crippen LogP contribution in [0.4, 0.5) is 10.5 Å². The Morgan fingerprint density at radius 2 is 2.32 bits per heavy atom. The number of H-pyrrole nitrogens is 1. The summed E-state index contributed by atoms with van der Waals surface area (Å²) in [5.74, 6) is 0.961. The van der Waals surface area contributed by atoms with Crippen LogP contribution in [0.15, 0.2) is 6.07 Å². The number of nitrogens with one attached hydrogen (secondary N) is 3. The number of anilines is 1. The van der Waals surface area contributed by atoms with Crippen molar-refractivity contribution in [3.63, 3.8) is 0 Å². The first-order chi connectivity index (χ1) is 9.06. The fourth-order valence-electron chi connectivity index (χ4n) is 2.05. The molecule has 0 aromatic carbocycles. The summed E-state index contributed by atoms with van der Waals surface area (Å²) in [7, 11) is 0. The molecule has 1 aliphatic heterocycles. The van der Waals surface area contributed by atoms with E-state index in [0.717, 1.165) is 24.3 Å². The lowest BCUT2D eigenvalue weighted by molar-refractivity contribution is 0.0692. The van der Waals surface area contributed by atoms with E-state index < -0.39 is 5.97 Å². The highest BCUT2D eigenvalue weighted by Crippen LogP contribution is 2.19. The first-order valence-electron chi connectivity index (χ1n) is 6.14. The maximum atomic E-state index is 11.8. The topological polar surface area (TPSA) is 94.2 Å². The third kappa shape index (κ3) is 3.66. The molecule has 7 heteroatoms. The number of aromatic carboxylic acids is 1. The molecule has 1 saturated heterocycles. The van der Waals surface area contributed by atoms with Crippen molar-refractivity contribution < 1.29 is 14.7 Å². The lowest BCUT2D eigenvalue weighted by atomic mass is 10.2. The van der Waals surface area contributed by atoms with Crippen molar-refractivity contribution >= 4 is 29.4 Å². The number of carboxylic acids is 1. The van der Waals surface area contributed by atoms with Crippen LogP contribution in [-0.2, 0) is 0 Å². The molecule has 1 fully saturated rings. The van der Waals surface area contributed by atoms with E-state index in [1.54, 1.807) is 13.0 Å². The molecule has 104 valence electrons. The van der Waals surface area contributed by atoms with E-state index in [1.807, 2.05) is 11.8 Å². The summed E-state index contributed by atoms with van der Waals surface area (Å²) >= 11 is 1.82. The summed E-state index contributed by atoms with van der Waals surface area (Å²) in [6.07, 6.45) is 2.07. The Hall–Kier alpha value is -1.63. The second-order valence-electron chi connectivity index (χ2n) is 4.56. The van der Waals surface area contributed by atoms with Gasteiger partial charge in [0.2, 0.25) is 0 Å². The highest BCUT2D eigenvalue weighted by molar-refractivity contribution is 7.99. The molecule has 2 amide bonds. The van der Waals surface area contributed by atoms with Gasteiger partial charge in [0.05, 0.1) is 5.69 Å². The normalized spacial score (nSPS) is 18.9. The molecular formula is C12H17N3O3S. The molecule has 4 N–H and O–H groups in total. The molecule has 2 heterocycles. The Morgan fingerprint density at radius 1 is 1.53 bits per heavy atom. The SMILES string of the molecule is Cc1cc(NC(=O)NC2CCCSC2)c(C(=O)O)[nH]1. The van der Waals surface area contributed by atoms with Crippen molar-refractivity contribution in [1.82, 2.24) is 10.3 Å².